The number of nitrogens with two attached hydrogens (primary N) is 1. The summed E-state index contributed by atoms with van der Waals surface area (Å²) in [6.07, 6.45) is 5.96. The molecule has 0 fully saturated rings. The van der Waals surface area contributed by atoms with Crippen molar-refractivity contribution in [2.45, 2.75) is 11.7 Å². The van der Waals surface area contributed by atoms with Gasteiger partial charge in [0.05, 0.1) is 11.5 Å². The van der Waals surface area contributed by atoms with Crippen molar-refractivity contribution >= 4 is 17.3 Å². The summed E-state index contributed by atoms with van der Waals surface area (Å²) in [5.74, 6) is 0.185. The number of fused-ring (bicyclic) bond motifs is 6. The molecule has 6 nitrogen and oxygen atoms in total. The molecule has 2 aliphatic heterocycles. The Bertz CT molecular complexity index is 1120. The molecule has 6 heteroatoms. The van der Waals surface area contributed by atoms with Crippen molar-refractivity contribution in [3.05, 3.63) is 77.0 Å². The first-order valence-corrected chi connectivity index (χ1v) is 10.0. The summed E-state index contributed by atoms with van der Waals surface area (Å²) < 4.78 is 12.7. The van der Waals surface area contributed by atoms with Crippen LogP contribution in [0.3, 0.4) is 0 Å². The minimum atomic E-state index is -0.976. The van der Waals surface area contributed by atoms with Gasteiger partial charge in [0, 0.05) is 62.5 Å². The standard InChI is InChI=1S/C24H25N3O3/c1-26(2)15-6-9-18-21(12-15)29-22-13-16(27(3)4)7-10-19(22)24(18)20-11-14(25)5-8-17(20)23(28)30-24/h5-13,18,21H,25H2,1-4H3/t18-,21-,24-/m0/s1. The maximum absolute atomic E-state index is 12.9. The van der Waals surface area contributed by atoms with Crippen molar-refractivity contribution in [3.8, 4) is 5.75 Å². The van der Waals surface area contributed by atoms with E-state index in [1.165, 1.54) is 0 Å². The van der Waals surface area contributed by atoms with Gasteiger partial charge in [0.1, 0.15) is 11.9 Å². The fourth-order valence-corrected chi connectivity index (χ4v) is 4.68. The average molecular weight is 403 g/mol. The van der Waals surface area contributed by atoms with Gasteiger partial charge in [-0.15, -0.1) is 0 Å². The first-order valence-electron chi connectivity index (χ1n) is 10.0. The molecule has 1 aliphatic carbocycles. The van der Waals surface area contributed by atoms with Gasteiger partial charge in [-0.1, -0.05) is 6.08 Å². The zero-order chi connectivity index (χ0) is 21.2. The van der Waals surface area contributed by atoms with Gasteiger partial charge in [0.2, 0.25) is 0 Å². The third-order valence-corrected chi connectivity index (χ3v) is 6.21. The summed E-state index contributed by atoms with van der Waals surface area (Å²) in [7, 11) is 7.97. The second kappa shape index (κ2) is 6.29. The first kappa shape index (κ1) is 18.6. The van der Waals surface area contributed by atoms with Crippen LogP contribution in [0, 0.1) is 5.92 Å². The minimum absolute atomic E-state index is 0.203. The molecular formula is C24H25N3O3. The molecular weight excluding hydrogens is 378 g/mol. The highest BCUT2D eigenvalue weighted by Crippen LogP contribution is 2.56. The van der Waals surface area contributed by atoms with Crippen molar-refractivity contribution in [2.75, 3.05) is 38.8 Å². The fraction of sp³-hybridized carbons (Fsp3) is 0.292. The molecule has 3 aliphatic rings. The predicted molar refractivity (Wildman–Crippen MR) is 117 cm³/mol. The second-order valence-electron chi connectivity index (χ2n) is 8.46. The molecule has 0 radical (unpaired) electrons. The van der Waals surface area contributed by atoms with E-state index in [9.17, 15) is 4.79 Å². The van der Waals surface area contributed by atoms with Crippen LogP contribution in [-0.2, 0) is 10.3 Å². The highest BCUT2D eigenvalue weighted by molar-refractivity contribution is 5.96. The first-order chi connectivity index (χ1) is 14.3. The number of nitrogen functional groups attached to an aromatic ring is 1. The van der Waals surface area contributed by atoms with Gasteiger partial charge < -0.3 is 25.0 Å². The van der Waals surface area contributed by atoms with E-state index < -0.39 is 5.60 Å². The number of hydrogen-bond donors (Lipinski definition) is 1. The topological polar surface area (TPSA) is 68.0 Å². The lowest BCUT2D eigenvalue weighted by Crippen LogP contribution is -2.48. The van der Waals surface area contributed by atoms with Crippen LogP contribution in [-0.4, -0.2) is 45.2 Å². The van der Waals surface area contributed by atoms with Crippen LogP contribution in [0.1, 0.15) is 21.5 Å². The largest absolute Gasteiger partial charge is 0.485 e. The molecule has 3 atom stereocenters. The van der Waals surface area contributed by atoms with Crippen LogP contribution in [0.4, 0.5) is 11.4 Å². The van der Waals surface area contributed by atoms with E-state index in [1.54, 1.807) is 12.1 Å². The molecule has 2 N–H and O–H groups in total. The van der Waals surface area contributed by atoms with Crippen LogP contribution in [0.25, 0.3) is 0 Å². The molecule has 2 aromatic rings. The Kier molecular flexibility index (Phi) is 3.90. The van der Waals surface area contributed by atoms with Gasteiger partial charge in [-0.25, -0.2) is 4.79 Å². The van der Waals surface area contributed by atoms with Gasteiger partial charge >= 0.3 is 5.97 Å². The molecule has 154 valence electrons. The Morgan fingerprint density at radius 3 is 2.53 bits per heavy atom. The van der Waals surface area contributed by atoms with Crippen molar-refractivity contribution in [1.29, 1.82) is 0 Å². The molecule has 0 saturated heterocycles. The summed E-state index contributed by atoms with van der Waals surface area (Å²) in [5.41, 5.74) is 10.0. The Labute approximate surface area is 176 Å². The number of benzene rings is 2. The van der Waals surface area contributed by atoms with Gasteiger partial charge in [0.15, 0.2) is 5.60 Å². The Hall–Kier alpha value is -3.41. The zero-order valence-electron chi connectivity index (χ0n) is 17.5. The molecule has 2 heterocycles. The van der Waals surface area contributed by atoms with Crippen LogP contribution in [0.2, 0.25) is 0 Å². The van der Waals surface area contributed by atoms with E-state index in [0.29, 0.717) is 11.3 Å². The second-order valence-corrected chi connectivity index (χ2v) is 8.46. The highest BCUT2D eigenvalue weighted by Gasteiger charge is 2.58. The lowest BCUT2D eigenvalue weighted by molar-refractivity contribution is -0.0420. The SMILES string of the molecule is CN(C)C1=C[C@@H]2Oc3cc(N(C)C)ccc3[C@@]3(OC(=O)c4ccc(N)cc43)[C@H]2C=C1. The number of esters is 1. The van der Waals surface area contributed by atoms with E-state index in [2.05, 4.69) is 18.2 Å². The van der Waals surface area contributed by atoms with E-state index in [1.807, 2.05) is 62.3 Å². The third kappa shape index (κ3) is 2.46. The molecule has 0 unspecified atom stereocenters. The third-order valence-electron chi connectivity index (χ3n) is 6.21. The van der Waals surface area contributed by atoms with Crippen LogP contribution < -0.4 is 15.4 Å². The number of carbonyl (C=O) groups is 1. The Morgan fingerprint density at radius 2 is 1.80 bits per heavy atom. The molecule has 0 aromatic heterocycles. The predicted octanol–water partition coefficient (Wildman–Crippen LogP) is 3.14. The molecule has 5 rings (SSSR count). The van der Waals surface area contributed by atoms with E-state index in [0.717, 1.165) is 28.3 Å². The molecule has 0 saturated carbocycles. The maximum Gasteiger partial charge on any atom is 0.339 e. The summed E-state index contributed by atoms with van der Waals surface area (Å²) in [4.78, 5) is 17.0. The van der Waals surface area contributed by atoms with E-state index in [4.69, 9.17) is 15.2 Å². The fourth-order valence-electron chi connectivity index (χ4n) is 4.68. The number of ether oxygens (including phenoxy) is 2. The van der Waals surface area contributed by atoms with Crippen molar-refractivity contribution in [3.63, 3.8) is 0 Å². The number of anilines is 2. The highest BCUT2D eigenvalue weighted by atomic mass is 16.6. The number of carbonyl (C=O) groups excluding carboxylic acids is 1. The van der Waals surface area contributed by atoms with Crippen LogP contribution in [0.15, 0.2) is 60.3 Å². The number of likely N-dealkylation sites (N-methyl/N-ethyl adjacent to an activating group) is 1. The lowest BCUT2D eigenvalue weighted by Gasteiger charge is -2.45. The number of nitrogens with zero attached hydrogens (tertiary/aromatic N) is 2. The monoisotopic (exact) mass is 403 g/mol. The van der Waals surface area contributed by atoms with Gasteiger partial charge in [0.25, 0.3) is 0 Å². The van der Waals surface area contributed by atoms with Crippen molar-refractivity contribution in [1.82, 2.24) is 4.90 Å². The molecule has 1 spiro atoms. The lowest BCUT2D eigenvalue weighted by atomic mass is 9.70. The quantitative estimate of drug-likeness (QED) is 0.614. The smallest absolute Gasteiger partial charge is 0.339 e. The molecule has 0 amide bonds. The normalized spacial score (nSPS) is 25.6. The number of allylic oxidation sites excluding steroid dienone is 1. The summed E-state index contributed by atoms with van der Waals surface area (Å²) in [6.45, 7) is 0. The zero-order valence-corrected chi connectivity index (χ0v) is 17.5. The maximum atomic E-state index is 12.9. The average Bonchev–Trinajstić information content (AvgIpc) is 2.99. The van der Waals surface area contributed by atoms with E-state index in [-0.39, 0.29) is 18.0 Å². The number of rotatable bonds is 2. The van der Waals surface area contributed by atoms with Gasteiger partial charge in [-0.3, -0.25) is 0 Å². The minimum Gasteiger partial charge on any atom is -0.485 e. The van der Waals surface area contributed by atoms with Gasteiger partial charge in [-0.05, 0) is 42.5 Å². The summed E-state index contributed by atoms with van der Waals surface area (Å²) in [5, 5.41) is 0. The summed E-state index contributed by atoms with van der Waals surface area (Å²) in [6, 6.07) is 11.4. The van der Waals surface area contributed by atoms with E-state index >= 15 is 0 Å². The summed E-state index contributed by atoms with van der Waals surface area (Å²) >= 11 is 0. The number of hydrogen-bond acceptors (Lipinski definition) is 6. The van der Waals surface area contributed by atoms with Crippen LogP contribution >= 0.6 is 0 Å². The Morgan fingerprint density at radius 1 is 1.00 bits per heavy atom. The van der Waals surface area contributed by atoms with Crippen molar-refractivity contribution in [2.24, 2.45) is 5.92 Å². The van der Waals surface area contributed by atoms with Gasteiger partial charge in [-0.2, -0.15) is 0 Å². The van der Waals surface area contributed by atoms with Crippen LogP contribution in [0.5, 0.6) is 5.75 Å². The molecule has 0 bridgehead atoms. The molecule has 2 aromatic carbocycles. The molecule has 30 heavy (non-hydrogen) atoms. The van der Waals surface area contributed by atoms with Crippen molar-refractivity contribution < 1.29 is 14.3 Å². The Balaban J connectivity index is 1.78.